The molecule has 1 heterocycles. The van der Waals surface area contributed by atoms with Crippen molar-refractivity contribution in [2.75, 3.05) is 6.61 Å². The predicted octanol–water partition coefficient (Wildman–Crippen LogP) is -2.15. The molecule has 5 heteroatoms. The summed E-state index contributed by atoms with van der Waals surface area (Å²) < 4.78 is 5.02. The molecule has 1 rings (SSSR count). The van der Waals surface area contributed by atoms with E-state index in [1.807, 2.05) is 0 Å². The van der Waals surface area contributed by atoms with Crippen LogP contribution in [0.25, 0.3) is 0 Å². The van der Waals surface area contributed by atoms with E-state index in [0.29, 0.717) is 0 Å². The molecular formula is C7H14O5. The van der Waals surface area contributed by atoms with Gasteiger partial charge in [0.25, 0.3) is 0 Å². The minimum atomic E-state index is -1.24. The van der Waals surface area contributed by atoms with E-state index in [1.165, 1.54) is 0 Å². The summed E-state index contributed by atoms with van der Waals surface area (Å²) >= 11 is 0. The van der Waals surface area contributed by atoms with Gasteiger partial charge in [0.2, 0.25) is 0 Å². The summed E-state index contributed by atoms with van der Waals surface area (Å²) in [5.74, 6) is 0. The summed E-state index contributed by atoms with van der Waals surface area (Å²) in [5, 5.41) is 36.4. The van der Waals surface area contributed by atoms with Crippen LogP contribution in [0.5, 0.6) is 0 Å². The van der Waals surface area contributed by atoms with Crippen LogP contribution in [0.4, 0.5) is 0 Å². The summed E-state index contributed by atoms with van der Waals surface area (Å²) in [6.45, 7) is 1.21. The Balaban J connectivity index is 2.63. The molecule has 4 N–H and O–H groups in total. The zero-order valence-electron chi connectivity index (χ0n) is 6.79. The molecule has 0 aliphatic carbocycles. The van der Waals surface area contributed by atoms with Gasteiger partial charge in [0.15, 0.2) is 0 Å². The van der Waals surface area contributed by atoms with E-state index in [4.69, 9.17) is 9.84 Å². The van der Waals surface area contributed by atoms with Crippen molar-refractivity contribution in [3.63, 3.8) is 0 Å². The Bertz CT molecular complexity index is 146. The summed E-state index contributed by atoms with van der Waals surface area (Å²) in [4.78, 5) is 0. The molecule has 0 aromatic heterocycles. The first-order valence-electron chi connectivity index (χ1n) is 3.88. The zero-order valence-corrected chi connectivity index (χ0v) is 6.79. The van der Waals surface area contributed by atoms with Gasteiger partial charge in [-0.3, -0.25) is 0 Å². The summed E-state index contributed by atoms with van der Waals surface area (Å²) in [6.07, 6.45) is -4.94. The van der Waals surface area contributed by atoms with Gasteiger partial charge in [0.05, 0.1) is 12.7 Å². The normalized spacial score (nSPS) is 49.2. The Morgan fingerprint density at radius 2 is 1.67 bits per heavy atom. The summed E-state index contributed by atoms with van der Waals surface area (Å²) in [5.41, 5.74) is 0. The lowest BCUT2D eigenvalue weighted by molar-refractivity contribution is -0.224. The molecule has 0 spiro atoms. The highest BCUT2D eigenvalue weighted by Crippen LogP contribution is 2.20. The Hall–Kier alpha value is -0.200. The maximum Gasteiger partial charge on any atom is 0.111 e. The second-order valence-electron chi connectivity index (χ2n) is 3.03. The molecule has 0 bridgehead atoms. The first kappa shape index (κ1) is 9.88. The van der Waals surface area contributed by atoms with Gasteiger partial charge in [-0.05, 0) is 6.92 Å². The minimum absolute atomic E-state index is 0.366. The van der Waals surface area contributed by atoms with Crippen molar-refractivity contribution in [1.82, 2.24) is 0 Å². The Morgan fingerprint density at radius 1 is 1.08 bits per heavy atom. The monoisotopic (exact) mass is 178 g/mol. The fourth-order valence-corrected chi connectivity index (χ4v) is 1.29. The van der Waals surface area contributed by atoms with Crippen molar-refractivity contribution in [2.45, 2.75) is 37.4 Å². The van der Waals surface area contributed by atoms with Crippen LogP contribution in [0, 0.1) is 0 Å². The number of rotatable bonds is 1. The van der Waals surface area contributed by atoms with Crippen molar-refractivity contribution in [3.05, 3.63) is 0 Å². The highest BCUT2D eigenvalue weighted by Gasteiger charge is 2.41. The molecule has 0 radical (unpaired) electrons. The van der Waals surface area contributed by atoms with Crippen molar-refractivity contribution >= 4 is 0 Å². The van der Waals surface area contributed by atoms with E-state index in [0.717, 1.165) is 0 Å². The second kappa shape index (κ2) is 3.68. The van der Waals surface area contributed by atoms with Gasteiger partial charge in [-0.25, -0.2) is 0 Å². The third-order valence-corrected chi connectivity index (χ3v) is 2.13. The molecule has 1 aliphatic rings. The van der Waals surface area contributed by atoms with Crippen LogP contribution in [0.15, 0.2) is 0 Å². The van der Waals surface area contributed by atoms with E-state index in [-0.39, 0.29) is 6.61 Å². The van der Waals surface area contributed by atoms with Gasteiger partial charge in [-0.1, -0.05) is 0 Å². The average molecular weight is 178 g/mol. The molecule has 1 saturated heterocycles. The highest BCUT2D eigenvalue weighted by molar-refractivity contribution is 4.89. The van der Waals surface area contributed by atoms with Crippen molar-refractivity contribution in [1.29, 1.82) is 0 Å². The van der Waals surface area contributed by atoms with Crippen molar-refractivity contribution in [3.8, 4) is 0 Å². The number of aliphatic hydroxyl groups excluding tert-OH is 4. The summed E-state index contributed by atoms with van der Waals surface area (Å²) in [7, 11) is 0. The average Bonchev–Trinajstić information content (AvgIpc) is 2.08. The molecule has 0 aromatic rings. The van der Waals surface area contributed by atoms with Crippen LogP contribution in [-0.4, -0.2) is 57.6 Å². The maximum atomic E-state index is 9.23. The number of hydrogen-bond acceptors (Lipinski definition) is 5. The molecule has 1 unspecified atom stereocenters. The van der Waals surface area contributed by atoms with Crippen LogP contribution in [0.2, 0.25) is 0 Å². The van der Waals surface area contributed by atoms with Crippen LogP contribution in [0.1, 0.15) is 6.92 Å². The topological polar surface area (TPSA) is 90.2 Å². The van der Waals surface area contributed by atoms with Crippen LogP contribution < -0.4 is 0 Å². The first-order chi connectivity index (χ1) is 5.57. The standard InChI is InChI=1S/C7H14O5/c1-3-5(9)7(11)6(10)4(2-8)12-3/h3-11H,2H2,1H3/t3-,4-,5-,6?,7-/m1/s1. The van der Waals surface area contributed by atoms with Gasteiger partial charge in [0, 0.05) is 0 Å². The van der Waals surface area contributed by atoms with Gasteiger partial charge >= 0.3 is 0 Å². The number of hydrogen-bond donors (Lipinski definition) is 4. The lowest BCUT2D eigenvalue weighted by Crippen LogP contribution is -2.57. The third kappa shape index (κ3) is 1.60. The lowest BCUT2D eigenvalue weighted by atomic mass is 9.96. The van der Waals surface area contributed by atoms with E-state index >= 15 is 0 Å². The van der Waals surface area contributed by atoms with Gasteiger partial charge in [-0.2, -0.15) is 0 Å². The quantitative estimate of drug-likeness (QED) is 0.367. The van der Waals surface area contributed by atoms with Gasteiger partial charge in [-0.15, -0.1) is 0 Å². The molecule has 12 heavy (non-hydrogen) atoms. The smallest absolute Gasteiger partial charge is 0.111 e. The molecule has 0 amide bonds. The lowest BCUT2D eigenvalue weighted by Gasteiger charge is -2.38. The van der Waals surface area contributed by atoms with Gasteiger partial charge < -0.3 is 25.2 Å². The molecule has 5 nitrogen and oxygen atoms in total. The fraction of sp³-hybridized carbons (Fsp3) is 1.00. The summed E-state index contributed by atoms with van der Waals surface area (Å²) in [6, 6.07) is 0. The number of ether oxygens (including phenoxy) is 1. The molecule has 72 valence electrons. The van der Waals surface area contributed by atoms with Crippen LogP contribution in [0.3, 0.4) is 0 Å². The Morgan fingerprint density at radius 3 is 2.17 bits per heavy atom. The molecule has 1 fully saturated rings. The van der Waals surface area contributed by atoms with Crippen molar-refractivity contribution in [2.24, 2.45) is 0 Å². The molecule has 0 saturated carbocycles. The Kier molecular flexibility index (Phi) is 3.03. The van der Waals surface area contributed by atoms with E-state index < -0.39 is 30.5 Å². The SMILES string of the molecule is C[C@H]1O[C@H](CO)C(O)[C@H](O)[C@@H]1O. The molecule has 0 aromatic carbocycles. The molecule has 1 aliphatic heterocycles. The first-order valence-corrected chi connectivity index (χ1v) is 3.88. The van der Waals surface area contributed by atoms with Crippen molar-refractivity contribution < 1.29 is 25.2 Å². The fourth-order valence-electron chi connectivity index (χ4n) is 1.29. The maximum absolute atomic E-state index is 9.23. The third-order valence-electron chi connectivity index (χ3n) is 2.13. The van der Waals surface area contributed by atoms with Crippen LogP contribution in [-0.2, 0) is 4.74 Å². The Labute approximate surface area is 70.2 Å². The van der Waals surface area contributed by atoms with E-state index in [1.54, 1.807) is 6.92 Å². The molecule has 5 atom stereocenters. The second-order valence-corrected chi connectivity index (χ2v) is 3.03. The largest absolute Gasteiger partial charge is 0.394 e. The van der Waals surface area contributed by atoms with Gasteiger partial charge in [0.1, 0.15) is 24.4 Å². The zero-order chi connectivity index (χ0) is 9.30. The molecular weight excluding hydrogens is 164 g/mol. The number of aliphatic hydroxyl groups is 4. The minimum Gasteiger partial charge on any atom is -0.394 e. The highest BCUT2D eigenvalue weighted by atomic mass is 16.5. The van der Waals surface area contributed by atoms with E-state index in [2.05, 4.69) is 0 Å². The predicted molar refractivity (Wildman–Crippen MR) is 39.4 cm³/mol. The van der Waals surface area contributed by atoms with E-state index in [9.17, 15) is 15.3 Å². The van der Waals surface area contributed by atoms with Crippen LogP contribution >= 0.6 is 0 Å².